The molecule has 0 unspecified atom stereocenters. The molecule has 0 aliphatic carbocycles. The Morgan fingerprint density at radius 3 is 3.00 bits per heavy atom. The van der Waals surface area contributed by atoms with Crippen LogP contribution in [0.2, 0.25) is 0 Å². The van der Waals surface area contributed by atoms with Crippen LogP contribution in [0.4, 0.5) is 14.9 Å². The fourth-order valence-electron chi connectivity index (χ4n) is 3.68. The van der Waals surface area contributed by atoms with Gasteiger partial charge in [-0.25, -0.2) is 9.18 Å². The van der Waals surface area contributed by atoms with Crippen LogP contribution in [0.5, 0.6) is 5.75 Å². The summed E-state index contributed by atoms with van der Waals surface area (Å²) in [5.41, 5.74) is 2.70. The molecule has 2 aliphatic rings. The number of carbonyl (C=O) groups is 1. The third-order valence-corrected chi connectivity index (χ3v) is 4.98. The smallest absolute Gasteiger partial charge is 0.414 e. The zero-order valence-corrected chi connectivity index (χ0v) is 14.7. The molecule has 2 heterocycles. The highest BCUT2D eigenvalue weighted by Gasteiger charge is 2.37. The van der Waals surface area contributed by atoms with Crippen LogP contribution in [-0.2, 0) is 17.8 Å². The van der Waals surface area contributed by atoms with Crippen LogP contribution in [0.15, 0.2) is 42.5 Å². The SMILES string of the molecule is COc1cccc(CN2CC[C@H]3COC(=O)N3c3cc(F)ccc3C2)c1. The van der Waals surface area contributed by atoms with Crippen molar-refractivity contribution in [2.45, 2.75) is 25.6 Å². The maximum atomic E-state index is 13.8. The topological polar surface area (TPSA) is 42.0 Å². The van der Waals surface area contributed by atoms with Gasteiger partial charge in [-0.05, 0) is 41.8 Å². The van der Waals surface area contributed by atoms with Crippen LogP contribution >= 0.6 is 0 Å². The molecule has 1 amide bonds. The highest BCUT2D eigenvalue weighted by Crippen LogP contribution is 2.32. The van der Waals surface area contributed by atoms with Gasteiger partial charge in [0.15, 0.2) is 0 Å². The second kappa shape index (κ2) is 6.96. The molecule has 1 saturated heterocycles. The average Bonchev–Trinajstić information content (AvgIpc) is 2.99. The van der Waals surface area contributed by atoms with Gasteiger partial charge in [0.25, 0.3) is 0 Å². The molecule has 26 heavy (non-hydrogen) atoms. The molecule has 4 rings (SSSR count). The van der Waals surface area contributed by atoms with E-state index in [9.17, 15) is 9.18 Å². The van der Waals surface area contributed by atoms with E-state index >= 15 is 0 Å². The molecule has 0 radical (unpaired) electrons. The van der Waals surface area contributed by atoms with Crippen molar-refractivity contribution in [1.29, 1.82) is 0 Å². The normalized spacial score (nSPS) is 20.0. The first-order valence-electron chi connectivity index (χ1n) is 8.74. The summed E-state index contributed by atoms with van der Waals surface area (Å²) in [6.07, 6.45) is 0.397. The van der Waals surface area contributed by atoms with E-state index < -0.39 is 0 Å². The van der Waals surface area contributed by atoms with Crippen LogP contribution in [0.1, 0.15) is 17.5 Å². The third kappa shape index (κ3) is 3.24. The van der Waals surface area contributed by atoms with E-state index in [1.165, 1.54) is 12.1 Å². The van der Waals surface area contributed by atoms with Gasteiger partial charge in [0, 0.05) is 19.6 Å². The van der Waals surface area contributed by atoms with Crippen molar-refractivity contribution in [3.8, 4) is 5.75 Å². The van der Waals surface area contributed by atoms with Crippen molar-refractivity contribution in [2.75, 3.05) is 25.2 Å². The Kier molecular flexibility index (Phi) is 4.51. The van der Waals surface area contributed by atoms with Crippen LogP contribution in [0, 0.1) is 5.82 Å². The van der Waals surface area contributed by atoms with Crippen molar-refractivity contribution in [3.63, 3.8) is 0 Å². The number of cyclic esters (lactones) is 1. The summed E-state index contributed by atoms with van der Waals surface area (Å²) in [6, 6.07) is 12.6. The Balaban J connectivity index is 1.63. The molecule has 0 N–H and O–H groups in total. The Morgan fingerprint density at radius 1 is 1.27 bits per heavy atom. The van der Waals surface area contributed by atoms with E-state index in [4.69, 9.17) is 9.47 Å². The predicted octanol–water partition coefficient (Wildman–Crippen LogP) is 3.57. The molecule has 2 aliphatic heterocycles. The Bertz CT molecular complexity index is 826. The Labute approximate surface area is 151 Å². The molecule has 2 aromatic rings. The number of benzene rings is 2. The third-order valence-electron chi connectivity index (χ3n) is 4.98. The largest absolute Gasteiger partial charge is 0.497 e. The molecule has 1 atom stereocenters. The lowest BCUT2D eigenvalue weighted by molar-refractivity contribution is 0.177. The molecule has 136 valence electrons. The molecule has 2 aromatic carbocycles. The number of fused-ring (bicyclic) bond motifs is 3. The minimum atomic E-state index is -0.386. The van der Waals surface area contributed by atoms with Crippen molar-refractivity contribution < 1.29 is 18.7 Å². The van der Waals surface area contributed by atoms with Gasteiger partial charge in [-0.1, -0.05) is 18.2 Å². The first-order valence-corrected chi connectivity index (χ1v) is 8.74. The lowest BCUT2D eigenvalue weighted by Gasteiger charge is -2.32. The van der Waals surface area contributed by atoms with E-state index in [-0.39, 0.29) is 18.0 Å². The van der Waals surface area contributed by atoms with Crippen molar-refractivity contribution in [2.24, 2.45) is 0 Å². The first-order chi connectivity index (χ1) is 12.6. The molecular weight excluding hydrogens is 335 g/mol. The van der Waals surface area contributed by atoms with Gasteiger partial charge in [-0.3, -0.25) is 9.80 Å². The number of rotatable bonds is 3. The number of ether oxygens (including phenoxy) is 2. The minimum Gasteiger partial charge on any atom is -0.497 e. The van der Waals surface area contributed by atoms with Gasteiger partial charge in [0.2, 0.25) is 0 Å². The summed E-state index contributed by atoms with van der Waals surface area (Å²) in [5.74, 6) is 0.486. The van der Waals surface area contributed by atoms with E-state index in [0.717, 1.165) is 36.4 Å². The quantitative estimate of drug-likeness (QED) is 0.843. The van der Waals surface area contributed by atoms with Crippen LogP contribution < -0.4 is 9.64 Å². The second-order valence-electron chi connectivity index (χ2n) is 6.72. The van der Waals surface area contributed by atoms with Gasteiger partial charge < -0.3 is 9.47 Å². The van der Waals surface area contributed by atoms with Gasteiger partial charge in [0.05, 0.1) is 18.8 Å². The maximum absolute atomic E-state index is 13.8. The number of carbonyl (C=O) groups excluding carboxylic acids is 1. The molecule has 0 spiro atoms. The molecule has 5 nitrogen and oxygen atoms in total. The van der Waals surface area contributed by atoms with Crippen molar-refractivity contribution >= 4 is 11.8 Å². The first kappa shape index (κ1) is 16.8. The number of amides is 1. The standard InChI is InChI=1S/C20H21FN2O3/c1-25-18-4-2-3-14(9-18)11-22-8-7-17-13-26-20(24)23(17)19-10-16(21)6-5-15(19)12-22/h2-6,9-10,17H,7-8,11-13H2,1H3/t17-/m0/s1. The number of halogens is 1. The van der Waals surface area contributed by atoms with Gasteiger partial charge in [0.1, 0.15) is 18.2 Å². The van der Waals surface area contributed by atoms with Crippen LogP contribution in [0.25, 0.3) is 0 Å². The number of nitrogens with zero attached hydrogens (tertiary/aromatic N) is 2. The fraction of sp³-hybridized carbons (Fsp3) is 0.350. The van der Waals surface area contributed by atoms with E-state index in [1.807, 2.05) is 18.2 Å². The lowest BCUT2D eigenvalue weighted by Crippen LogP contribution is -2.40. The van der Waals surface area contributed by atoms with E-state index in [0.29, 0.717) is 18.8 Å². The Morgan fingerprint density at radius 2 is 2.15 bits per heavy atom. The molecular formula is C20H21FN2O3. The fourth-order valence-corrected chi connectivity index (χ4v) is 3.68. The molecule has 0 saturated carbocycles. The summed E-state index contributed by atoms with van der Waals surface area (Å²) in [6.45, 7) is 2.58. The zero-order valence-electron chi connectivity index (χ0n) is 14.7. The van der Waals surface area contributed by atoms with Crippen molar-refractivity contribution in [1.82, 2.24) is 4.90 Å². The highest BCUT2D eigenvalue weighted by molar-refractivity contribution is 5.91. The number of methoxy groups -OCH3 is 1. The summed E-state index contributed by atoms with van der Waals surface area (Å²) in [5, 5.41) is 0. The lowest BCUT2D eigenvalue weighted by atomic mass is 10.0. The van der Waals surface area contributed by atoms with Crippen LogP contribution in [0.3, 0.4) is 0 Å². The second-order valence-corrected chi connectivity index (χ2v) is 6.72. The van der Waals surface area contributed by atoms with Gasteiger partial charge >= 0.3 is 6.09 Å². The minimum absolute atomic E-state index is 0.0591. The number of anilines is 1. The summed E-state index contributed by atoms with van der Waals surface area (Å²) in [4.78, 5) is 16.1. The van der Waals surface area contributed by atoms with Gasteiger partial charge in [-0.15, -0.1) is 0 Å². The average molecular weight is 356 g/mol. The molecule has 6 heteroatoms. The predicted molar refractivity (Wildman–Crippen MR) is 95.7 cm³/mol. The van der Waals surface area contributed by atoms with Crippen LogP contribution in [-0.4, -0.2) is 37.3 Å². The highest BCUT2D eigenvalue weighted by atomic mass is 19.1. The zero-order chi connectivity index (χ0) is 18.1. The summed E-state index contributed by atoms with van der Waals surface area (Å²) < 4.78 is 24.4. The molecule has 0 bridgehead atoms. The maximum Gasteiger partial charge on any atom is 0.414 e. The monoisotopic (exact) mass is 356 g/mol. The van der Waals surface area contributed by atoms with E-state index in [1.54, 1.807) is 18.1 Å². The number of hydrogen-bond acceptors (Lipinski definition) is 4. The summed E-state index contributed by atoms with van der Waals surface area (Å²) in [7, 11) is 1.66. The Hall–Kier alpha value is -2.60. The molecule has 1 fully saturated rings. The number of hydrogen-bond donors (Lipinski definition) is 0. The van der Waals surface area contributed by atoms with E-state index in [2.05, 4.69) is 11.0 Å². The molecule has 0 aromatic heterocycles. The van der Waals surface area contributed by atoms with Crippen molar-refractivity contribution in [3.05, 3.63) is 59.4 Å². The summed E-state index contributed by atoms with van der Waals surface area (Å²) >= 11 is 0. The van der Waals surface area contributed by atoms with Gasteiger partial charge in [-0.2, -0.15) is 0 Å².